The average Bonchev–Trinajstić information content (AvgIpc) is 2.53. The van der Waals surface area contributed by atoms with E-state index in [1.807, 2.05) is 4.90 Å². The molecule has 1 fully saturated rings. The van der Waals surface area contributed by atoms with Crippen LogP contribution >= 0.6 is 0 Å². The number of hydrogen-bond acceptors (Lipinski definition) is 4. The third-order valence-electron chi connectivity index (χ3n) is 4.40. The summed E-state index contributed by atoms with van der Waals surface area (Å²) in [7, 11) is -0.488. The van der Waals surface area contributed by atoms with Crippen LogP contribution in [0.2, 0.25) is 0 Å². The molecule has 0 saturated carbocycles. The van der Waals surface area contributed by atoms with E-state index in [2.05, 4.69) is 25.7 Å². The first-order chi connectivity index (χ1) is 11.0. The van der Waals surface area contributed by atoms with Gasteiger partial charge < -0.3 is 4.90 Å². The second-order valence-corrected chi connectivity index (χ2v) is 9.41. The zero-order valence-electron chi connectivity index (χ0n) is 15.1. The zero-order valence-corrected chi connectivity index (χ0v) is 15.9. The molecule has 134 valence electrons. The Balaban J connectivity index is 2.07. The van der Waals surface area contributed by atoms with Gasteiger partial charge in [0.05, 0.1) is 4.90 Å². The molecule has 1 aromatic carbocycles. The highest BCUT2D eigenvalue weighted by Gasteiger charge is 2.28. The Hall–Kier alpha value is -1.44. The summed E-state index contributed by atoms with van der Waals surface area (Å²) in [5, 5.41) is 0. The highest BCUT2D eigenvalue weighted by Crippen LogP contribution is 2.18. The number of benzene rings is 1. The maximum Gasteiger partial charge on any atom is 0.253 e. The van der Waals surface area contributed by atoms with Crippen LogP contribution in [0.3, 0.4) is 0 Å². The lowest BCUT2D eigenvalue weighted by atomic mass is 10.0. The summed E-state index contributed by atoms with van der Waals surface area (Å²) in [5.74, 6) is -0.0441. The highest BCUT2D eigenvalue weighted by molar-refractivity contribution is 7.89. The Kier molecular flexibility index (Phi) is 5.37. The van der Waals surface area contributed by atoms with Gasteiger partial charge in [0.15, 0.2) is 0 Å². The van der Waals surface area contributed by atoms with Crippen molar-refractivity contribution in [2.75, 3.05) is 40.3 Å². The van der Waals surface area contributed by atoms with Gasteiger partial charge >= 0.3 is 0 Å². The molecule has 6 nitrogen and oxygen atoms in total. The fourth-order valence-corrected chi connectivity index (χ4v) is 3.64. The molecule has 1 heterocycles. The van der Waals surface area contributed by atoms with Gasteiger partial charge in [0.25, 0.3) is 5.91 Å². The standard InChI is InChI=1S/C17H27N3O3S/c1-17(2,3)20-12-10-19(11-13-20)16(21)14-6-8-15(9-7-14)24(22,23)18(4)5/h6-9H,10-13H2,1-5H3. The predicted molar refractivity (Wildman–Crippen MR) is 94.5 cm³/mol. The van der Waals surface area contributed by atoms with Crippen LogP contribution in [0.15, 0.2) is 29.2 Å². The summed E-state index contributed by atoms with van der Waals surface area (Å²) >= 11 is 0. The van der Waals surface area contributed by atoms with Crippen LogP contribution in [0, 0.1) is 0 Å². The van der Waals surface area contributed by atoms with Crippen LogP contribution in [0.1, 0.15) is 31.1 Å². The molecule has 1 amide bonds. The number of carbonyl (C=O) groups excluding carboxylic acids is 1. The topological polar surface area (TPSA) is 60.9 Å². The smallest absolute Gasteiger partial charge is 0.253 e. The number of nitrogens with zero attached hydrogens (tertiary/aromatic N) is 3. The molecule has 0 aromatic heterocycles. The quantitative estimate of drug-likeness (QED) is 0.826. The predicted octanol–water partition coefficient (Wildman–Crippen LogP) is 1.49. The maximum absolute atomic E-state index is 12.6. The van der Waals surface area contributed by atoms with Crippen molar-refractivity contribution >= 4 is 15.9 Å². The van der Waals surface area contributed by atoms with Crippen LogP contribution in [-0.4, -0.2) is 74.2 Å². The molecular weight excluding hydrogens is 326 g/mol. The van der Waals surface area contributed by atoms with E-state index in [0.29, 0.717) is 18.7 Å². The Morgan fingerprint density at radius 3 is 1.92 bits per heavy atom. The minimum absolute atomic E-state index is 0.0441. The minimum Gasteiger partial charge on any atom is -0.336 e. The van der Waals surface area contributed by atoms with Crippen molar-refractivity contribution in [3.8, 4) is 0 Å². The molecule has 0 spiro atoms. The molecule has 7 heteroatoms. The first-order valence-corrected chi connectivity index (χ1v) is 9.54. The molecule has 2 rings (SSSR count). The van der Waals surface area contributed by atoms with Gasteiger partial charge in [-0.25, -0.2) is 12.7 Å². The highest BCUT2D eigenvalue weighted by atomic mass is 32.2. The monoisotopic (exact) mass is 353 g/mol. The third-order valence-corrected chi connectivity index (χ3v) is 6.22. The molecule has 24 heavy (non-hydrogen) atoms. The molecule has 0 N–H and O–H groups in total. The van der Waals surface area contributed by atoms with E-state index in [1.165, 1.54) is 26.2 Å². The molecule has 0 bridgehead atoms. The summed E-state index contributed by atoms with van der Waals surface area (Å²) in [6.45, 7) is 9.60. The van der Waals surface area contributed by atoms with Crippen molar-refractivity contribution in [3.63, 3.8) is 0 Å². The number of rotatable bonds is 3. The maximum atomic E-state index is 12.6. The molecule has 1 aliphatic heterocycles. The Labute approximate surface area is 145 Å². The fourth-order valence-electron chi connectivity index (χ4n) is 2.74. The van der Waals surface area contributed by atoms with Gasteiger partial charge in [0.1, 0.15) is 0 Å². The van der Waals surface area contributed by atoms with Crippen LogP contribution in [0.4, 0.5) is 0 Å². The first kappa shape index (κ1) is 18.9. The molecule has 0 aliphatic carbocycles. The number of sulfonamides is 1. The van der Waals surface area contributed by atoms with E-state index in [1.54, 1.807) is 12.1 Å². The first-order valence-electron chi connectivity index (χ1n) is 8.10. The van der Waals surface area contributed by atoms with Crippen LogP contribution in [-0.2, 0) is 10.0 Å². The summed E-state index contributed by atoms with van der Waals surface area (Å²) in [5.41, 5.74) is 0.633. The third kappa shape index (κ3) is 3.96. The average molecular weight is 353 g/mol. The Bertz CT molecular complexity index is 683. The van der Waals surface area contributed by atoms with Crippen molar-refractivity contribution in [1.29, 1.82) is 0 Å². The van der Waals surface area contributed by atoms with E-state index >= 15 is 0 Å². The number of piperazine rings is 1. The van der Waals surface area contributed by atoms with Crippen molar-refractivity contribution < 1.29 is 13.2 Å². The van der Waals surface area contributed by atoms with E-state index in [9.17, 15) is 13.2 Å². The van der Waals surface area contributed by atoms with Crippen molar-refractivity contribution in [3.05, 3.63) is 29.8 Å². The second kappa shape index (κ2) is 6.82. The van der Waals surface area contributed by atoms with E-state index < -0.39 is 10.0 Å². The lowest BCUT2D eigenvalue weighted by Gasteiger charge is -2.42. The molecule has 1 aromatic rings. The van der Waals surface area contributed by atoms with Gasteiger partial charge in [-0.1, -0.05) is 0 Å². The molecule has 1 aliphatic rings. The van der Waals surface area contributed by atoms with Crippen LogP contribution in [0.5, 0.6) is 0 Å². The van der Waals surface area contributed by atoms with E-state index in [0.717, 1.165) is 17.4 Å². The van der Waals surface area contributed by atoms with Crippen molar-refractivity contribution in [1.82, 2.24) is 14.1 Å². The lowest BCUT2D eigenvalue weighted by Crippen LogP contribution is -2.54. The molecular formula is C17H27N3O3S. The van der Waals surface area contributed by atoms with Gasteiger partial charge in [0.2, 0.25) is 10.0 Å². The van der Waals surface area contributed by atoms with Gasteiger partial charge in [0, 0.05) is 51.4 Å². The lowest BCUT2D eigenvalue weighted by molar-refractivity contribution is 0.0451. The number of amides is 1. The van der Waals surface area contributed by atoms with Crippen molar-refractivity contribution in [2.24, 2.45) is 0 Å². The van der Waals surface area contributed by atoms with Gasteiger partial charge in [-0.15, -0.1) is 0 Å². The Morgan fingerprint density at radius 2 is 1.50 bits per heavy atom. The SMILES string of the molecule is CN(C)S(=O)(=O)c1ccc(C(=O)N2CCN(C(C)(C)C)CC2)cc1. The van der Waals surface area contributed by atoms with E-state index in [4.69, 9.17) is 0 Å². The largest absolute Gasteiger partial charge is 0.336 e. The molecule has 0 radical (unpaired) electrons. The molecule has 0 unspecified atom stereocenters. The normalized spacial score (nSPS) is 17.3. The van der Waals surface area contributed by atoms with Gasteiger partial charge in [-0.05, 0) is 45.0 Å². The molecule has 0 atom stereocenters. The van der Waals surface area contributed by atoms with Crippen LogP contribution in [0.25, 0.3) is 0 Å². The summed E-state index contributed by atoms with van der Waals surface area (Å²) in [4.78, 5) is 17.0. The second-order valence-electron chi connectivity index (χ2n) is 7.26. The number of carbonyl (C=O) groups is 1. The summed E-state index contributed by atoms with van der Waals surface area (Å²) in [6, 6.07) is 6.17. The fraction of sp³-hybridized carbons (Fsp3) is 0.588. The summed E-state index contributed by atoms with van der Waals surface area (Å²) in [6.07, 6.45) is 0. The summed E-state index contributed by atoms with van der Waals surface area (Å²) < 4.78 is 25.3. The van der Waals surface area contributed by atoms with Crippen molar-refractivity contribution in [2.45, 2.75) is 31.2 Å². The van der Waals surface area contributed by atoms with Crippen LogP contribution < -0.4 is 0 Å². The minimum atomic E-state index is -3.47. The zero-order chi connectivity index (χ0) is 18.1. The van der Waals surface area contributed by atoms with E-state index in [-0.39, 0.29) is 16.3 Å². The molecule has 1 saturated heterocycles. The van der Waals surface area contributed by atoms with Gasteiger partial charge in [-0.3, -0.25) is 9.69 Å². The van der Waals surface area contributed by atoms with Gasteiger partial charge in [-0.2, -0.15) is 0 Å². The number of hydrogen-bond donors (Lipinski definition) is 0. The Morgan fingerprint density at radius 1 is 1.00 bits per heavy atom.